The molecule has 0 aromatic rings. The third-order valence-electron chi connectivity index (χ3n) is 4.46. The van der Waals surface area contributed by atoms with Crippen molar-refractivity contribution in [3.05, 3.63) is 0 Å². The molecule has 2 fully saturated rings. The fourth-order valence-corrected chi connectivity index (χ4v) is 3.44. The highest BCUT2D eigenvalue weighted by molar-refractivity contribution is 4.90. The molecular formula is C14H27NO2. The van der Waals surface area contributed by atoms with E-state index in [0.717, 1.165) is 38.5 Å². The molecule has 2 unspecified atom stereocenters. The first-order valence-corrected chi connectivity index (χ1v) is 7.09. The molecule has 100 valence electrons. The van der Waals surface area contributed by atoms with E-state index in [9.17, 15) is 5.11 Å². The van der Waals surface area contributed by atoms with Gasteiger partial charge in [-0.15, -0.1) is 0 Å². The lowest BCUT2D eigenvalue weighted by atomic mass is 9.82. The van der Waals surface area contributed by atoms with Crippen LogP contribution in [0.3, 0.4) is 0 Å². The predicted octanol–water partition coefficient (Wildman–Crippen LogP) is 1.90. The van der Waals surface area contributed by atoms with Gasteiger partial charge < -0.3 is 9.84 Å². The zero-order valence-corrected chi connectivity index (χ0v) is 11.3. The second-order valence-electron chi connectivity index (χ2n) is 6.24. The van der Waals surface area contributed by atoms with Gasteiger partial charge in [-0.2, -0.15) is 0 Å². The minimum atomic E-state index is 0.00965. The van der Waals surface area contributed by atoms with Crippen molar-refractivity contribution in [1.29, 1.82) is 0 Å². The van der Waals surface area contributed by atoms with Gasteiger partial charge in [-0.05, 0) is 38.1 Å². The summed E-state index contributed by atoms with van der Waals surface area (Å²) in [7, 11) is 0. The highest BCUT2D eigenvalue weighted by Gasteiger charge is 2.38. The molecule has 2 rings (SSSR count). The van der Waals surface area contributed by atoms with Crippen LogP contribution in [-0.2, 0) is 4.74 Å². The molecule has 2 aliphatic rings. The summed E-state index contributed by atoms with van der Waals surface area (Å²) >= 11 is 0. The van der Waals surface area contributed by atoms with Gasteiger partial charge >= 0.3 is 0 Å². The lowest BCUT2D eigenvalue weighted by Crippen LogP contribution is -2.48. The topological polar surface area (TPSA) is 32.7 Å². The molecule has 3 nitrogen and oxygen atoms in total. The van der Waals surface area contributed by atoms with Crippen molar-refractivity contribution >= 4 is 0 Å². The Balaban J connectivity index is 1.97. The maximum Gasteiger partial charge on any atom is 0.0556 e. The first-order chi connectivity index (χ1) is 8.17. The molecule has 0 aliphatic carbocycles. The van der Waals surface area contributed by atoms with Crippen LogP contribution >= 0.6 is 0 Å². The van der Waals surface area contributed by atoms with E-state index >= 15 is 0 Å². The smallest absolute Gasteiger partial charge is 0.0556 e. The number of likely N-dealkylation sites (tertiary alicyclic amines) is 1. The molecule has 0 spiro atoms. The molecule has 2 saturated heterocycles. The molecule has 0 amide bonds. The van der Waals surface area contributed by atoms with Gasteiger partial charge in [0.1, 0.15) is 0 Å². The van der Waals surface area contributed by atoms with Crippen LogP contribution < -0.4 is 0 Å². The van der Waals surface area contributed by atoms with Crippen LogP contribution in [0.25, 0.3) is 0 Å². The molecule has 0 bridgehead atoms. The van der Waals surface area contributed by atoms with Crippen molar-refractivity contribution in [1.82, 2.24) is 4.90 Å². The van der Waals surface area contributed by atoms with Crippen molar-refractivity contribution in [3.8, 4) is 0 Å². The number of ether oxygens (including phenoxy) is 1. The zero-order valence-electron chi connectivity index (χ0n) is 11.3. The van der Waals surface area contributed by atoms with Gasteiger partial charge in [0, 0.05) is 24.6 Å². The van der Waals surface area contributed by atoms with Crippen LogP contribution in [0.2, 0.25) is 0 Å². The van der Waals surface area contributed by atoms with Crippen LogP contribution in [0.5, 0.6) is 0 Å². The van der Waals surface area contributed by atoms with Gasteiger partial charge in [-0.25, -0.2) is 0 Å². The number of aliphatic hydroxyl groups excluding tert-OH is 1. The second kappa shape index (κ2) is 5.68. The van der Waals surface area contributed by atoms with Gasteiger partial charge in [0.2, 0.25) is 0 Å². The van der Waals surface area contributed by atoms with E-state index in [1.165, 1.54) is 19.4 Å². The highest BCUT2D eigenvalue weighted by Crippen LogP contribution is 2.33. The Morgan fingerprint density at radius 2 is 2.24 bits per heavy atom. The van der Waals surface area contributed by atoms with E-state index in [4.69, 9.17) is 4.74 Å². The summed E-state index contributed by atoms with van der Waals surface area (Å²) in [4.78, 5) is 2.59. The van der Waals surface area contributed by atoms with Crippen molar-refractivity contribution < 1.29 is 9.84 Å². The Labute approximate surface area is 105 Å². The third-order valence-corrected chi connectivity index (χ3v) is 4.46. The minimum Gasteiger partial charge on any atom is -0.396 e. The number of hydrogen-bond donors (Lipinski definition) is 1. The monoisotopic (exact) mass is 241 g/mol. The molecule has 0 aromatic heterocycles. The van der Waals surface area contributed by atoms with E-state index in [-0.39, 0.29) is 12.0 Å². The normalized spacial score (nSPS) is 35.6. The van der Waals surface area contributed by atoms with Crippen molar-refractivity contribution in [3.63, 3.8) is 0 Å². The van der Waals surface area contributed by atoms with Crippen LogP contribution in [0, 0.1) is 11.3 Å². The average Bonchev–Trinajstić information content (AvgIpc) is 2.78. The summed E-state index contributed by atoms with van der Waals surface area (Å²) in [5, 5.41) is 9.72. The van der Waals surface area contributed by atoms with Crippen molar-refractivity contribution in [2.24, 2.45) is 11.3 Å². The van der Waals surface area contributed by atoms with Gasteiger partial charge in [-0.3, -0.25) is 4.90 Å². The van der Waals surface area contributed by atoms with Crippen molar-refractivity contribution in [2.75, 3.05) is 32.9 Å². The number of aliphatic hydroxyl groups is 1. The molecule has 0 saturated carbocycles. The largest absolute Gasteiger partial charge is 0.396 e. The quantitative estimate of drug-likeness (QED) is 0.816. The van der Waals surface area contributed by atoms with Crippen molar-refractivity contribution in [2.45, 2.75) is 45.6 Å². The molecule has 3 heteroatoms. The summed E-state index contributed by atoms with van der Waals surface area (Å²) in [6.45, 7) is 8.73. The molecule has 0 aromatic carbocycles. The van der Waals surface area contributed by atoms with E-state index < -0.39 is 0 Å². The Kier molecular flexibility index (Phi) is 4.45. The molecule has 17 heavy (non-hydrogen) atoms. The summed E-state index contributed by atoms with van der Waals surface area (Å²) in [5.41, 5.74) is 0.00965. The minimum absolute atomic E-state index is 0.00965. The van der Waals surface area contributed by atoms with E-state index in [1.807, 2.05) is 0 Å². The SMILES string of the molecule is CC(C)C1CCCN1CC1(CO)CCCOC1. The van der Waals surface area contributed by atoms with Gasteiger partial charge in [0.25, 0.3) is 0 Å². The Morgan fingerprint density at radius 1 is 1.41 bits per heavy atom. The van der Waals surface area contributed by atoms with Gasteiger partial charge in [-0.1, -0.05) is 13.8 Å². The van der Waals surface area contributed by atoms with Crippen LogP contribution in [0.4, 0.5) is 0 Å². The second-order valence-corrected chi connectivity index (χ2v) is 6.24. The first kappa shape index (κ1) is 13.3. The van der Waals surface area contributed by atoms with Gasteiger partial charge in [0.15, 0.2) is 0 Å². The first-order valence-electron chi connectivity index (χ1n) is 7.09. The third kappa shape index (κ3) is 3.01. The van der Waals surface area contributed by atoms with Crippen LogP contribution in [-0.4, -0.2) is 49.0 Å². The maximum atomic E-state index is 9.72. The van der Waals surface area contributed by atoms with E-state index in [1.54, 1.807) is 0 Å². The lowest BCUT2D eigenvalue weighted by Gasteiger charge is -2.41. The molecule has 2 heterocycles. The molecule has 2 aliphatic heterocycles. The Bertz CT molecular complexity index is 236. The van der Waals surface area contributed by atoms with E-state index in [0.29, 0.717) is 6.04 Å². The Hall–Kier alpha value is -0.120. The lowest BCUT2D eigenvalue weighted by molar-refractivity contribution is -0.0589. The standard InChI is InChI=1S/C14H27NO2/c1-12(2)13-5-3-7-15(13)9-14(10-16)6-4-8-17-11-14/h12-13,16H,3-11H2,1-2H3. The fourth-order valence-electron chi connectivity index (χ4n) is 3.44. The molecular weight excluding hydrogens is 214 g/mol. The van der Waals surface area contributed by atoms with Crippen LogP contribution in [0.15, 0.2) is 0 Å². The van der Waals surface area contributed by atoms with Gasteiger partial charge in [0.05, 0.1) is 13.2 Å². The molecule has 0 radical (unpaired) electrons. The molecule has 1 N–H and O–H groups in total. The highest BCUT2D eigenvalue weighted by atomic mass is 16.5. The fraction of sp³-hybridized carbons (Fsp3) is 1.00. The number of hydrogen-bond acceptors (Lipinski definition) is 3. The zero-order chi connectivity index (χ0) is 12.3. The predicted molar refractivity (Wildman–Crippen MR) is 69.0 cm³/mol. The number of rotatable bonds is 4. The number of nitrogens with zero attached hydrogens (tertiary/aromatic N) is 1. The summed E-state index contributed by atoms with van der Waals surface area (Å²) in [5.74, 6) is 0.720. The molecule has 2 atom stereocenters. The average molecular weight is 241 g/mol. The summed E-state index contributed by atoms with van der Waals surface area (Å²) < 4.78 is 5.60. The Morgan fingerprint density at radius 3 is 2.82 bits per heavy atom. The van der Waals surface area contributed by atoms with Crippen LogP contribution in [0.1, 0.15) is 39.5 Å². The van der Waals surface area contributed by atoms with E-state index in [2.05, 4.69) is 18.7 Å². The summed E-state index contributed by atoms with van der Waals surface area (Å²) in [6.07, 6.45) is 4.84. The summed E-state index contributed by atoms with van der Waals surface area (Å²) in [6, 6.07) is 0.709. The maximum absolute atomic E-state index is 9.72.